The summed E-state index contributed by atoms with van der Waals surface area (Å²) in [7, 11) is 0. The van der Waals surface area contributed by atoms with Crippen LogP contribution in [0.25, 0.3) is 11.3 Å². The molecule has 0 spiro atoms. The summed E-state index contributed by atoms with van der Waals surface area (Å²) < 4.78 is 12.8. The van der Waals surface area contributed by atoms with Gasteiger partial charge in [0.25, 0.3) is 0 Å². The third-order valence-corrected chi connectivity index (χ3v) is 3.84. The molecule has 0 bridgehead atoms. The van der Waals surface area contributed by atoms with Crippen molar-refractivity contribution in [2.24, 2.45) is 0 Å². The van der Waals surface area contributed by atoms with E-state index in [2.05, 4.69) is 25.8 Å². The zero-order valence-electron chi connectivity index (χ0n) is 12.3. The molecule has 1 aliphatic heterocycles. The van der Waals surface area contributed by atoms with Crippen molar-refractivity contribution in [3.63, 3.8) is 0 Å². The molecule has 2 aromatic rings. The normalized spacial score (nSPS) is 13.2. The lowest BCUT2D eigenvalue weighted by Gasteiger charge is -2.12. The van der Waals surface area contributed by atoms with Crippen LogP contribution in [-0.2, 0) is 6.42 Å². The van der Waals surface area contributed by atoms with Crippen LogP contribution in [0.2, 0.25) is 5.02 Å². The van der Waals surface area contributed by atoms with E-state index in [0.717, 1.165) is 23.5 Å². The number of hydrogen-bond donors (Lipinski definition) is 1. The molecule has 0 fully saturated rings. The first-order chi connectivity index (χ1) is 10.0. The van der Waals surface area contributed by atoms with E-state index in [4.69, 9.17) is 26.8 Å². The summed E-state index contributed by atoms with van der Waals surface area (Å²) in [5, 5.41) is 0.511. The quantitative estimate of drug-likeness (QED) is 0.940. The van der Waals surface area contributed by atoms with Gasteiger partial charge in [-0.1, -0.05) is 18.5 Å². The number of anilines is 1. The minimum atomic E-state index is 0.189. The highest BCUT2D eigenvalue weighted by Crippen LogP contribution is 2.43. The summed E-state index contributed by atoms with van der Waals surface area (Å²) in [6, 6.07) is 3.94. The summed E-state index contributed by atoms with van der Waals surface area (Å²) in [4.78, 5) is 4.67. The van der Waals surface area contributed by atoms with E-state index in [1.54, 1.807) is 0 Å². The fourth-order valence-electron chi connectivity index (χ4n) is 2.64. The predicted molar refractivity (Wildman–Crippen MR) is 83.0 cm³/mol. The Morgan fingerprint density at radius 3 is 2.76 bits per heavy atom. The fraction of sp³-hybridized carbons (Fsp3) is 0.400. The van der Waals surface area contributed by atoms with Crippen LogP contribution in [0.3, 0.4) is 0 Å². The van der Waals surface area contributed by atoms with Gasteiger partial charge in [0.2, 0.25) is 6.79 Å². The second-order valence-electron chi connectivity index (χ2n) is 5.27. The number of aryl methyl sites for hydroxylation is 1. The lowest BCUT2D eigenvalue weighted by molar-refractivity contribution is 0.174. The monoisotopic (exact) mass is 307 g/mol. The Labute approximate surface area is 128 Å². The van der Waals surface area contributed by atoms with Crippen LogP contribution in [0.4, 0.5) is 5.82 Å². The summed E-state index contributed by atoms with van der Waals surface area (Å²) in [5.41, 5.74) is 7.87. The summed E-state index contributed by atoms with van der Waals surface area (Å²) in [5.74, 6) is 2.83. The van der Waals surface area contributed by atoms with Crippen LogP contribution in [0.5, 0.6) is 11.5 Å². The van der Waals surface area contributed by atoms with E-state index in [-0.39, 0.29) is 12.8 Å². The molecule has 6 heteroatoms. The first-order valence-corrected chi connectivity index (χ1v) is 7.36. The third kappa shape index (κ3) is 2.21. The number of hydrogen-bond acceptors (Lipinski definition) is 4. The summed E-state index contributed by atoms with van der Waals surface area (Å²) in [6.07, 6.45) is 0.820. The Kier molecular flexibility index (Phi) is 3.45. The molecule has 0 radical (unpaired) electrons. The van der Waals surface area contributed by atoms with Crippen molar-refractivity contribution in [3.8, 4) is 22.8 Å². The van der Waals surface area contributed by atoms with E-state index in [0.29, 0.717) is 22.3 Å². The highest BCUT2D eigenvalue weighted by Gasteiger charge is 2.22. The molecule has 0 saturated carbocycles. The van der Waals surface area contributed by atoms with Gasteiger partial charge in [-0.15, -0.1) is 0 Å². The molecule has 1 aliphatic rings. The number of rotatable bonds is 3. The molecular formula is C15H18ClN3O2. The number of imidazole rings is 1. The van der Waals surface area contributed by atoms with Gasteiger partial charge in [0.05, 0.1) is 5.02 Å². The number of nitrogens with zero attached hydrogens (tertiary/aromatic N) is 2. The lowest BCUT2D eigenvalue weighted by Crippen LogP contribution is -2.08. The number of nitrogen functional groups attached to an aromatic ring is 1. The van der Waals surface area contributed by atoms with Gasteiger partial charge >= 0.3 is 0 Å². The molecule has 21 heavy (non-hydrogen) atoms. The number of halogens is 1. The number of fused-ring (bicyclic) bond motifs is 1. The van der Waals surface area contributed by atoms with Crippen LogP contribution in [-0.4, -0.2) is 16.3 Å². The SMILES string of the molecule is CCc1nc(-c2cc(Cl)c3c(c2)OCO3)c(N)n1C(C)C. The van der Waals surface area contributed by atoms with Crippen molar-refractivity contribution < 1.29 is 9.47 Å². The fourth-order valence-corrected chi connectivity index (χ4v) is 2.90. The molecule has 1 aromatic carbocycles. The van der Waals surface area contributed by atoms with Gasteiger partial charge in [-0.05, 0) is 26.0 Å². The Balaban J connectivity index is 2.15. The van der Waals surface area contributed by atoms with E-state index in [9.17, 15) is 0 Å². The maximum Gasteiger partial charge on any atom is 0.231 e. The minimum Gasteiger partial charge on any atom is -0.454 e. The van der Waals surface area contributed by atoms with Gasteiger partial charge < -0.3 is 19.8 Å². The number of nitrogens with two attached hydrogens (primary N) is 1. The molecule has 0 atom stereocenters. The Morgan fingerprint density at radius 2 is 2.14 bits per heavy atom. The molecule has 0 aliphatic carbocycles. The molecule has 0 unspecified atom stereocenters. The van der Waals surface area contributed by atoms with E-state index in [1.807, 2.05) is 16.7 Å². The topological polar surface area (TPSA) is 62.3 Å². The predicted octanol–water partition coefficient (Wildman–Crippen LogP) is 3.66. The van der Waals surface area contributed by atoms with Crippen LogP contribution in [0, 0.1) is 0 Å². The first kappa shape index (κ1) is 14.1. The van der Waals surface area contributed by atoms with Crippen LogP contribution >= 0.6 is 11.6 Å². The average Bonchev–Trinajstić information content (AvgIpc) is 3.02. The first-order valence-electron chi connectivity index (χ1n) is 6.99. The molecule has 1 aromatic heterocycles. The number of benzene rings is 1. The molecular weight excluding hydrogens is 290 g/mol. The maximum atomic E-state index is 6.29. The second kappa shape index (κ2) is 5.15. The molecule has 0 saturated heterocycles. The van der Waals surface area contributed by atoms with Crippen LogP contribution in [0.1, 0.15) is 32.6 Å². The van der Waals surface area contributed by atoms with Crippen molar-refractivity contribution in [1.82, 2.24) is 9.55 Å². The minimum absolute atomic E-state index is 0.189. The van der Waals surface area contributed by atoms with Crippen molar-refractivity contribution in [2.75, 3.05) is 12.5 Å². The molecule has 112 valence electrons. The zero-order chi connectivity index (χ0) is 15.1. The lowest BCUT2D eigenvalue weighted by atomic mass is 10.1. The smallest absolute Gasteiger partial charge is 0.231 e. The summed E-state index contributed by atoms with van der Waals surface area (Å²) in [6.45, 7) is 6.44. The largest absolute Gasteiger partial charge is 0.454 e. The Bertz CT molecular complexity index is 695. The highest BCUT2D eigenvalue weighted by molar-refractivity contribution is 6.32. The van der Waals surface area contributed by atoms with Crippen molar-refractivity contribution in [3.05, 3.63) is 23.0 Å². The van der Waals surface area contributed by atoms with Gasteiger partial charge in [-0.2, -0.15) is 0 Å². The third-order valence-electron chi connectivity index (χ3n) is 3.55. The molecule has 2 N–H and O–H groups in total. The van der Waals surface area contributed by atoms with Gasteiger partial charge in [0, 0.05) is 18.0 Å². The van der Waals surface area contributed by atoms with E-state index >= 15 is 0 Å². The second-order valence-corrected chi connectivity index (χ2v) is 5.68. The van der Waals surface area contributed by atoms with Crippen molar-refractivity contribution >= 4 is 17.4 Å². The maximum absolute atomic E-state index is 6.29. The van der Waals surface area contributed by atoms with Crippen LogP contribution in [0.15, 0.2) is 12.1 Å². The van der Waals surface area contributed by atoms with E-state index in [1.165, 1.54) is 0 Å². The number of ether oxygens (including phenoxy) is 2. The van der Waals surface area contributed by atoms with Crippen LogP contribution < -0.4 is 15.2 Å². The zero-order valence-corrected chi connectivity index (χ0v) is 13.1. The molecule has 2 heterocycles. The van der Waals surface area contributed by atoms with Crippen molar-refractivity contribution in [2.45, 2.75) is 33.2 Å². The van der Waals surface area contributed by atoms with E-state index < -0.39 is 0 Å². The van der Waals surface area contributed by atoms with Gasteiger partial charge in [-0.25, -0.2) is 4.98 Å². The molecule has 0 amide bonds. The highest BCUT2D eigenvalue weighted by atomic mass is 35.5. The average molecular weight is 308 g/mol. The summed E-state index contributed by atoms with van der Waals surface area (Å²) >= 11 is 6.24. The van der Waals surface area contributed by atoms with Gasteiger partial charge in [0.1, 0.15) is 17.3 Å². The molecule has 5 nitrogen and oxygen atoms in total. The van der Waals surface area contributed by atoms with Crippen molar-refractivity contribution in [1.29, 1.82) is 0 Å². The Hall–Kier alpha value is -1.88. The number of aromatic nitrogens is 2. The van der Waals surface area contributed by atoms with Gasteiger partial charge in [-0.3, -0.25) is 0 Å². The molecule has 3 rings (SSSR count). The Morgan fingerprint density at radius 1 is 1.38 bits per heavy atom. The van der Waals surface area contributed by atoms with Gasteiger partial charge in [0.15, 0.2) is 11.5 Å². The standard InChI is InChI=1S/C15H18ClN3O2/c1-4-12-18-13(15(17)19(12)8(2)3)9-5-10(16)14-11(6-9)20-7-21-14/h5-6,8H,4,7,17H2,1-3H3.